The number of hydrogen-bond acceptors (Lipinski definition) is 7. The molecule has 0 spiro atoms. The van der Waals surface area contributed by atoms with Crippen molar-refractivity contribution in [1.82, 2.24) is 0 Å². The Morgan fingerprint density at radius 3 is 2.67 bits per heavy atom. The Hall–Kier alpha value is -2.86. The highest BCUT2D eigenvalue weighted by Gasteiger charge is 2.50. The molecule has 0 aromatic heterocycles. The molecule has 27 heavy (non-hydrogen) atoms. The molecule has 3 atom stereocenters. The fourth-order valence-corrected chi connectivity index (χ4v) is 3.79. The first-order valence-corrected chi connectivity index (χ1v) is 8.59. The summed E-state index contributed by atoms with van der Waals surface area (Å²) in [6.45, 7) is 5.50. The molecule has 0 aliphatic carbocycles. The van der Waals surface area contributed by atoms with Gasteiger partial charge in [0.1, 0.15) is 11.8 Å². The van der Waals surface area contributed by atoms with E-state index in [1.54, 1.807) is 17.0 Å². The molecular weight excluding hydrogens is 352 g/mol. The van der Waals surface area contributed by atoms with Crippen molar-refractivity contribution in [3.8, 4) is 6.07 Å². The first kappa shape index (κ1) is 20.5. The van der Waals surface area contributed by atoms with Crippen LogP contribution in [0.4, 0.5) is 16.2 Å². The van der Waals surface area contributed by atoms with Gasteiger partial charge in [-0.2, -0.15) is 5.26 Å². The maximum absolute atomic E-state index is 11.6. The predicted molar refractivity (Wildman–Crippen MR) is 98.1 cm³/mol. The van der Waals surface area contributed by atoms with Crippen LogP contribution in [0.25, 0.3) is 0 Å². The van der Waals surface area contributed by atoms with Gasteiger partial charge in [0.25, 0.3) is 5.69 Å². The highest BCUT2D eigenvalue weighted by molar-refractivity contribution is 5.68. The number of aliphatic hydroxyl groups excluding tert-OH is 1. The third-order valence-corrected chi connectivity index (χ3v) is 4.71. The van der Waals surface area contributed by atoms with E-state index in [9.17, 15) is 20.0 Å². The van der Waals surface area contributed by atoms with E-state index in [1.165, 1.54) is 6.07 Å². The molecule has 9 nitrogen and oxygen atoms in total. The molecule has 0 bridgehead atoms. The molecule has 146 valence electrons. The van der Waals surface area contributed by atoms with Crippen LogP contribution < -0.4 is 10.6 Å². The van der Waals surface area contributed by atoms with Gasteiger partial charge >= 0.3 is 6.09 Å². The van der Waals surface area contributed by atoms with Crippen LogP contribution in [-0.2, 0) is 11.2 Å². The molecule has 0 radical (unpaired) electrons. The number of carbonyl (C=O) groups excluding carboxylic acids is 1. The zero-order chi connectivity index (χ0) is 20.4. The molecule has 2 rings (SSSR count). The summed E-state index contributed by atoms with van der Waals surface area (Å²) in [6.07, 6.45) is -1.16. The molecule has 1 unspecified atom stereocenters. The largest absolute Gasteiger partial charge is 0.444 e. The van der Waals surface area contributed by atoms with E-state index < -0.39 is 34.6 Å². The van der Waals surface area contributed by atoms with Crippen molar-refractivity contribution in [1.29, 1.82) is 5.26 Å². The van der Waals surface area contributed by atoms with Gasteiger partial charge in [0, 0.05) is 12.5 Å². The summed E-state index contributed by atoms with van der Waals surface area (Å²) in [5.74, 6) is 0. The van der Waals surface area contributed by atoms with Gasteiger partial charge in [0.2, 0.25) is 0 Å². The number of nitrogens with zero attached hydrogens (tertiary/aromatic N) is 3. The van der Waals surface area contributed by atoms with Gasteiger partial charge in [-0.3, -0.25) is 10.1 Å². The summed E-state index contributed by atoms with van der Waals surface area (Å²) in [5, 5.41) is 30.5. The highest BCUT2D eigenvalue weighted by Crippen LogP contribution is 2.44. The Morgan fingerprint density at radius 2 is 2.19 bits per heavy atom. The summed E-state index contributed by atoms with van der Waals surface area (Å²) in [5.41, 5.74) is 5.55. The molecule has 1 aliphatic heterocycles. The van der Waals surface area contributed by atoms with E-state index in [0.717, 1.165) is 0 Å². The number of carbonyl (C=O) groups is 1. The summed E-state index contributed by atoms with van der Waals surface area (Å²) in [4.78, 5) is 24.2. The lowest BCUT2D eigenvalue weighted by atomic mass is 9.83. The Morgan fingerprint density at radius 1 is 1.52 bits per heavy atom. The average Bonchev–Trinajstić information content (AvgIpc) is 2.92. The minimum Gasteiger partial charge on any atom is -0.444 e. The van der Waals surface area contributed by atoms with Gasteiger partial charge in [-0.05, 0) is 17.0 Å². The van der Waals surface area contributed by atoms with Crippen LogP contribution in [0.2, 0.25) is 0 Å². The number of aliphatic hydroxyl groups is 1. The Labute approximate surface area is 157 Å². The third kappa shape index (κ3) is 4.28. The van der Waals surface area contributed by atoms with E-state index in [0.29, 0.717) is 17.7 Å². The Balaban J connectivity index is 2.64. The van der Waals surface area contributed by atoms with Crippen molar-refractivity contribution in [2.45, 2.75) is 51.8 Å². The van der Waals surface area contributed by atoms with Gasteiger partial charge in [-0.1, -0.05) is 26.8 Å². The topological polar surface area (TPSA) is 143 Å². The summed E-state index contributed by atoms with van der Waals surface area (Å²) < 4.78 is 5.28. The molecule has 3 N–H and O–H groups in total. The maximum Gasteiger partial charge on any atom is 0.404 e. The standard InChI is InChI=1S/C18H24N4O5/c1-18(2,3)16-15(27-17(20)24)9-12(10-23)21(16)14-8-11(6-7-19)4-5-13(14)22(25)26/h4-5,8,12,15-16,23H,6,9-10H2,1-3H3,(H2,20,24)/t12-,15-,16?/m0/s1. The lowest BCUT2D eigenvalue weighted by Gasteiger charge is -2.40. The van der Waals surface area contributed by atoms with Crippen LogP contribution in [-0.4, -0.2) is 40.9 Å². The van der Waals surface area contributed by atoms with Crippen molar-refractivity contribution in [3.63, 3.8) is 0 Å². The molecule has 1 aromatic rings. The van der Waals surface area contributed by atoms with Crippen LogP contribution in [0.5, 0.6) is 0 Å². The van der Waals surface area contributed by atoms with Crippen LogP contribution in [0, 0.1) is 26.9 Å². The second kappa shape index (κ2) is 7.80. The van der Waals surface area contributed by atoms with E-state index in [2.05, 4.69) is 0 Å². The van der Waals surface area contributed by atoms with Crippen LogP contribution in [0.3, 0.4) is 0 Å². The van der Waals surface area contributed by atoms with Gasteiger partial charge in [0.05, 0.1) is 36.1 Å². The van der Waals surface area contributed by atoms with E-state index in [-0.39, 0.29) is 18.7 Å². The fourth-order valence-electron chi connectivity index (χ4n) is 3.79. The van der Waals surface area contributed by atoms with Gasteiger partial charge in [0.15, 0.2) is 0 Å². The molecule has 1 amide bonds. The van der Waals surface area contributed by atoms with Crippen molar-refractivity contribution in [3.05, 3.63) is 33.9 Å². The van der Waals surface area contributed by atoms with Crippen molar-refractivity contribution >= 4 is 17.5 Å². The Kier molecular flexibility index (Phi) is 5.91. The zero-order valence-electron chi connectivity index (χ0n) is 15.6. The number of benzene rings is 1. The fraction of sp³-hybridized carbons (Fsp3) is 0.556. The number of nitriles is 1. The molecule has 0 saturated carbocycles. The summed E-state index contributed by atoms with van der Waals surface area (Å²) in [6, 6.07) is 5.58. The summed E-state index contributed by atoms with van der Waals surface area (Å²) in [7, 11) is 0. The third-order valence-electron chi connectivity index (χ3n) is 4.71. The van der Waals surface area contributed by atoms with E-state index in [1.807, 2.05) is 26.8 Å². The smallest absolute Gasteiger partial charge is 0.404 e. The minimum absolute atomic E-state index is 0.101. The second-order valence-electron chi connectivity index (χ2n) is 7.68. The first-order chi connectivity index (χ1) is 12.6. The maximum atomic E-state index is 11.6. The van der Waals surface area contributed by atoms with Crippen LogP contribution >= 0.6 is 0 Å². The summed E-state index contributed by atoms with van der Waals surface area (Å²) >= 11 is 0. The number of ether oxygens (including phenoxy) is 1. The minimum atomic E-state index is -0.930. The number of nitrogens with two attached hydrogens (primary N) is 1. The molecule has 1 aromatic carbocycles. The molecule has 1 fully saturated rings. The molecular formula is C18H24N4O5. The molecule has 9 heteroatoms. The number of amides is 1. The lowest BCUT2D eigenvalue weighted by Crippen LogP contribution is -2.49. The number of anilines is 1. The quantitative estimate of drug-likeness (QED) is 0.591. The van der Waals surface area contributed by atoms with Gasteiger partial charge in [-0.15, -0.1) is 0 Å². The number of primary amides is 1. The normalized spacial score (nSPS) is 22.3. The molecule has 1 aliphatic rings. The van der Waals surface area contributed by atoms with Crippen LogP contribution in [0.15, 0.2) is 18.2 Å². The van der Waals surface area contributed by atoms with Crippen molar-refractivity contribution in [2.75, 3.05) is 11.5 Å². The lowest BCUT2D eigenvalue weighted by molar-refractivity contribution is -0.384. The number of hydrogen-bond donors (Lipinski definition) is 2. The Bertz CT molecular complexity index is 768. The highest BCUT2D eigenvalue weighted by atomic mass is 16.6. The SMILES string of the molecule is CC(C)(C)C1[C@@H](OC(N)=O)C[C@@H](CO)N1c1cc(CC#N)ccc1[N+](=O)[O-]. The van der Waals surface area contributed by atoms with Gasteiger partial charge in [-0.25, -0.2) is 4.79 Å². The van der Waals surface area contributed by atoms with Crippen molar-refractivity contribution < 1.29 is 19.6 Å². The molecule has 1 heterocycles. The number of nitro benzene ring substituents is 1. The van der Waals surface area contributed by atoms with Crippen LogP contribution in [0.1, 0.15) is 32.8 Å². The zero-order valence-corrected chi connectivity index (χ0v) is 15.6. The number of nitro groups is 1. The van der Waals surface area contributed by atoms with E-state index >= 15 is 0 Å². The number of rotatable bonds is 5. The average molecular weight is 376 g/mol. The van der Waals surface area contributed by atoms with Crippen molar-refractivity contribution in [2.24, 2.45) is 11.1 Å². The first-order valence-electron chi connectivity index (χ1n) is 8.59. The second-order valence-corrected chi connectivity index (χ2v) is 7.68. The molecule has 1 saturated heterocycles. The monoisotopic (exact) mass is 376 g/mol. The van der Waals surface area contributed by atoms with E-state index in [4.69, 9.17) is 15.7 Å². The predicted octanol–water partition coefficient (Wildman–Crippen LogP) is 2.11. The van der Waals surface area contributed by atoms with Gasteiger partial charge < -0.3 is 20.5 Å².